The quantitative estimate of drug-likeness (QED) is 0.313. The summed E-state index contributed by atoms with van der Waals surface area (Å²) in [5.74, 6) is -0.209. The normalized spacial score (nSPS) is 17.6. The van der Waals surface area contributed by atoms with E-state index < -0.39 is 32.7 Å². The van der Waals surface area contributed by atoms with E-state index in [9.17, 15) is 23.1 Å². The molecule has 1 fully saturated rings. The second kappa shape index (κ2) is 10.3. The van der Waals surface area contributed by atoms with Gasteiger partial charge >= 0.3 is 5.97 Å². The Labute approximate surface area is 235 Å². The zero-order valence-electron chi connectivity index (χ0n) is 22.3. The molecule has 2 heterocycles. The van der Waals surface area contributed by atoms with Gasteiger partial charge in [-0.3, -0.25) is 9.59 Å². The van der Waals surface area contributed by atoms with Gasteiger partial charge in [-0.05, 0) is 62.4 Å². The van der Waals surface area contributed by atoms with Crippen LogP contribution in [0.15, 0.2) is 63.9 Å². The van der Waals surface area contributed by atoms with Crippen LogP contribution in [0.5, 0.6) is 11.5 Å². The SMILES string of the molecule is COc1ccc(OC)c(C(=O)Nc2ccc3c(c2)oc2ccc(S(=O)(=O)N4CCSC(C)(C)C4C(=O)O)cc23)c1. The van der Waals surface area contributed by atoms with Crippen molar-refractivity contribution in [1.82, 2.24) is 4.31 Å². The molecule has 0 bridgehead atoms. The lowest BCUT2D eigenvalue weighted by molar-refractivity contribution is -0.142. The molecule has 0 aliphatic carbocycles. The standard InChI is InChI=1S/C28H28N2O8S2/c1-28(2)25(27(32)33)30(11-12-39-28)40(34,35)18-7-10-23-20(15-18)19-8-5-16(13-24(19)38-23)29-26(31)21-14-17(36-3)6-9-22(21)37-4/h5-10,13-15,25H,11-12H2,1-4H3,(H,29,31)(H,32,33). The zero-order chi connectivity index (χ0) is 28.8. The smallest absolute Gasteiger partial charge is 0.323 e. The number of carbonyl (C=O) groups is 2. The Hall–Kier alpha value is -3.74. The van der Waals surface area contributed by atoms with Crippen molar-refractivity contribution in [3.05, 3.63) is 60.2 Å². The van der Waals surface area contributed by atoms with Crippen LogP contribution in [0.3, 0.4) is 0 Å². The van der Waals surface area contributed by atoms with Crippen molar-refractivity contribution in [2.24, 2.45) is 0 Å². The van der Waals surface area contributed by atoms with Gasteiger partial charge in [0.1, 0.15) is 28.7 Å². The van der Waals surface area contributed by atoms with Gasteiger partial charge < -0.3 is 24.3 Å². The van der Waals surface area contributed by atoms with E-state index in [4.69, 9.17) is 13.9 Å². The summed E-state index contributed by atoms with van der Waals surface area (Å²) in [6.07, 6.45) is 0. The number of hydrogen-bond acceptors (Lipinski definition) is 8. The summed E-state index contributed by atoms with van der Waals surface area (Å²) in [6, 6.07) is 13.3. The van der Waals surface area contributed by atoms with Crippen molar-refractivity contribution < 1.29 is 37.0 Å². The van der Waals surface area contributed by atoms with Gasteiger partial charge in [0.15, 0.2) is 0 Å². The third-order valence-corrected chi connectivity index (χ3v) is 10.1. The lowest BCUT2D eigenvalue weighted by Crippen LogP contribution is -2.58. The lowest BCUT2D eigenvalue weighted by Gasteiger charge is -2.42. The molecule has 4 aromatic rings. The molecule has 210 valence electrons. The van der Waals surface area contributed by atoms with Gasteiger partial charge in [-0.1, -0.05) is 0 Å². The number of anilines is 1. The van der Waals surface area contributed by atoms with E-state index in [1.165, 1.54) is 38.1 Å². The highest BCUT2D eigenvalue weighted by Crippen LogP contribution is 2.39. The summed E-state index contributed by atoms with van der Waals surface area (Å²) in [4.78, 5) is 25.1. The van der Waals surface area contributed by atoms with Gasteiger partial charge in [0.05, 0.1) is 24.7 Å². The number of rotatable bonds is 7. The van der Waals surface area contributed by atoms with Crippen LogP contribution in [0.25, 0.3) is 21.9 Å². The van der Waals surface area contributed by atoms with E-state index in [0.717, 1.165) is 4.31 Å². The summed E-state index contributed by atoms with van der Waals surface area (Å²) >= 11 is 1.44. The van der Waals surface area contributed by atoms with Gasteiger partial charge in [-0.15, -0.1) is 0 Å². The molecule has 1 aliphatic heterocycles. The average Bonchev–Trinajstić information content (AvgIpc) is 3.28. The average molecular weight is 585 g/mol. The molecule has 0 saturated carbocycles. The Bertz CT molecular complexity index is 1750. The summed E-state index contributed by atoms with van der Waals surface area (Å²) in [5.41, 5.74) is 1.65. The first-order chi connectivity index (χ1) is 19.0. The van der Waals surface area contributed by atoms with Gasteiger partial charge in [-0.25, -0.2) is 8.42 Å². The topological polar surface area (TPSA) is 135 Å². The number of nitrogens with zero attached hydrogens (tertiary/aromatic N) is 1. The van der Waals surface area contributed by atoms with Crippen LogP contribution in [-0.4, -0.2) is 67.0 Å². The van der Waals surface area contributed by atoms with Crippen molar-refractivity contribution in [3.8, 4) is 11.5 Å². The Kier molecular flexibility index (Phi) is 7.19. The molecule has 0 spiro atoms. The minimum absolute atomic E-state index is 0.0147. The third-order valence-electron chi connectivity index (χ3n) is 6.92. The Balaban J connectivity index is 1.48. The van der Waals surface area contributed by atoms with Gasteiger partial charge in [0.25, 0.3) is 5.91 Å². The van der Waals surface area contributed by atoms with E-state index in [0.29, 0.717) is 50.4 Å². The van der Waals surface area contributed by atoms with Crippen molar-refractivity contribution in [2.45, 2.75) is 29.5 Å². The number of furan rings is 1. The molecule has 10 nitrogen and oxygen atoms in total. The van der Waals surface area contributed by atoms with Crippen LogP contribution in [0.2, 0.25) is 0 Å². The predicted octanol–water partition coefficient (Wildman–Crippen LogP) is 4.82. The second-order valence-corrected chi connectivity index (χ2v) is 13.4. The number of sulfonamides is 1. The largest absolute Gasteiger partial charge is 0.497 e. The molecule has 1 aromatic heterocycles. The number of carboxylic acids is 1. The maximum Gasteiger partial charge on any atom is 0.323 e. The van der Waals surface area contributed by atoms with Crippen molar-refractivity contribution in [1.29, 1.82) is 0 Å². The Morgan fingerprint density at radius 3 is 2.50 bits per heavy atom. The summed E-state index contributed by atoms with van der Waals surface area (Å²) in [6.45, 7) is 3.58. The fourth-order valence-electron chi connectivity index (χ4n) is 4.95. The van der Waals surface area contributed by atoms with Gasteiger partial charge in [-0.2, -0.15) is 16.1 Å². The summed E-state index contributed by atoms with van der Waals surface area (Å²) < 4.78 is 44.1. The molecule has 0 radical (unpaired) electrons. The molecule has 3 aromatic carbocycles. The van der Waals surface area contributed by atoms with Crippen LogP contribution < -0.4 is 14.8 Å². The Morgan fingerprint density at radius 1 is 1.02 bits per heavy atom. The molecule has 5 rings (SSSR count). The summed E-state index contributed by atoms with van der Waals surface area (Å²) in [5, 5.41) is 13.9. The van der Waals surface area contributed by atoms with Gasteiger partial charge in [0, 0.05) is 39.6 Å². The number of carboxylic acid groups (broad SMARTS) is 1. The lowest BCUT2D eigenvalue weighted by atomic mass is 10.0. The number of nitrogens with one attached hydrogen (secondary N) is 1. The highest BCUT2D eigenvalue weighted by Gasteiger charge is 2.48. The molecule has 2 N–H and O–H groups in total. The molecule has 1 amide bonds. The van der Waals surface area contributed by atoms with Crippen LogP contribution in [0.4, 0.5) is 5.69 Å². The number of benzene rings is 3. The number of amides is 1. The molecule has 1 atom stereocenters. The van der Waals surface area contributed by atoms with Crippen LogP contribution >= 0.6 is 11.8 Å². The van der Waals surface area contributed by atoms with E-state index in [2.05, 4.69) is 5.32 Å². The van der Waals surface area contributed by atoms with Crippen molar-refractivity contribution >= 4 is 61.3 Å². The molecular formula is C28H28N2O8S2. The van der Waals surface area contributed by atoms with Gasteiger partial charge in [0.2, 0.25) is 10.0 Å². The second-order valence-electron chi connectivity index (χ2n) is 9.80. The number of carbonyl (C=O) groups excluding carboxylic acids is 1. The maximum atomic E-state index is 13.7. The first-order valence-corrected chi connectivity index (χ1v) is 14.8. The minimum Gasteiger partial charge on any atom is -0.497 e. The third kappa shape index (κ3) is 4.87. The van der Waals surface area contributed by atoms with Crippen LogP contribution in [0, 0.1) is 0 Å². The number of fused-ring (bicyclic) bond motifs is 3. The molecule has 1 saturated heterocycles. The number of thioether (sulfide) groups is 1. The van der Waals surface area contributed by atoms with Crippen LogP contribution in [0.1, 0.15) is 24.2 Å². The van der Waals surface area contributed by atoms with E-state index >= 15 is 0 Å². The van der Waals surface area contributed by atoms with Crippen molar-refractivity contribution in [2.75, 3.05) is 31.8 Å². The molecule has 12 heteroatoms. The maximum absolute atomic E-state index is 13.7. The molecular weight excluding hydrogens is 556 g/mol. The van der Waals surface area contributed by atoms with E-state index in [1.807, 2.05) is 0 Å². The molecule has 1 aliphatic rings. The first kappa shape index (κ1) is 27.8. The number of aliphatic carboxylic acids is 1. The molecule has 1 unspecified atom stereocenters. The minimum atomic E-state index is -4.11. The van der Waals surface area contributed by atoms with Crippen molar-refractivity contribution in [3.63, 3.8) is 0 Å². The number of hydrogen-bond donors (Lipinski definition) is 2. The fourth-order valence-corrected chi connectivity index (χ4v) is 8.08. The van der Waals surface area contributed by atoms with Crippen LogP contribution in [-0.2, 0) is 14.8 Å². The molecule has 40 heavy (non-hydrogen) atoms. The monoisotopic (exact) mass is 584 g/mol. The first-order valence-electron chi connectivity index (χ1n) is 12.3. The fraction of sp³-hybridized carbons (Fsp3) is 0.286. The number of methoxy groups -OCH3 is 2. The van der Waals surface area contributed by atoms with E-state index in [1.54, 1.807) is 56.3 Å². The van der Waals surface area contributed by atoms with E-state index in [-0.39, 0.29) is 11.4 Å². The Morgan fingerprint density at radius 2 is 1.80 bits per heavy atom. The summed E-state index contributed by atoms with van der Waals surface area (Å²) in [7, 11) is -1.13. The highest BCUT2D eigenvalue weighted by molar-refractivity contribution is 8.00. The number of ether oxygens (including phenoxy) is 2. The highest BCUT2D eigenvalue weighted by atomic mass is 32.2. The zero-order valence-corrected chi connectivity index (χ0v) is 23.9. The predicted molar refractivity (Wildman–Crippen MR) is 153 cm³/mol.